The van der Waals surface area contributed by atoms with Crippen molar-refractivity contribution < 1.29 is 22.7 Å². The predicted molar refractivity (Wildman–Crippen MR) is 86.1 cm³/mol. The van der Waals surface area contributed by atoms with Gasteiger partial charge in [-0.05, 0) is 62.2 Å². The lowest BCUT2D eigenvalue weighted by Gasteiger charge is -2.16. The molecule has 24 heavy (non-hydrogen) atoms. The molecule has 0 spiro atoms. The largest absolute Gasteiger partial charge is 0.481 e. The van der Waals surface area contributed by atoms with Gasteiger partial charge in [0.05, 0.1) is 5.56 Å². The summed E-state index contributed by atoms with van der Waals surface area (Å²) >= 11 is 0. The van der Waals surface area contributed by atoms with Crippen LogP contribution >= 0.6 is 0 Å². The van der Waals surface area contributed by atoms with Gasteiger partial charge in [0.2, 0.25) is 0 Å². The zero-order chi connectivity index (χ0) is 17.9. The maximum atomic E-state index is 12.7. The van der Waals surface area contributed by atoms with Gasteiger partial charge in [0.15, 0.2) is 6.10 Å². The second-order valence-electron chi connectivity index (χ2n) is 5.65. The second-order valence-corrected chi connectivity index (χ2v) is 5.65. The van der Waals surface area contributed by atoms with Crippen LogP contribution in [0.1, 0.15) is 23.6 Å². The van der Waals surface area contributed by atoms with E-state index in [-0.39, 0.29) is 5.69 Å². The fourth-order valence-electron chi connectivity index (χ4n) is 2.28. The van der Waals surface area contributed by atoms with E-state index in [9.17, 15) is 18.0 Å². The minimum atomic E-state index is -4.46. The maximum Gasteiger partial charge on any atom is 0.416 e. The number of alkyl halides is 3. The highest BCUT2D eigenvalue weighted by molar-refractivity contribution is 5.94. The zero-order valence-electron chi connectivity index (χ0n) is 13.6. The average molecular weight is 337 g/mol. The Kier molecular flexibility index (Phi) is 5.17. The van der Waals surface area contributed by atoms with Crippen LogP contribution < -0.4 is 10.1 Å². The van der Waals surface area contributed by atoms with Crippen molar-refractivity contribution in [3.63, 3.8) is 0 Å². The Morgan fingerprint density at radius 3 is 2.29 bits per heavy atom. The number of carbonyl (C=O) groups excluding carboxylic acids is 1. The van der Waals surface area contributed by atoms with Crippen molar-refractivity contribution in [1.82, 2.24) is 0 Å². The Bertz CT molecular complexity index is 721. The number of nitrogens with one attached hydrogen (secondary N) is 1. The van der Waals surface area contributed by atoms with Crippen molar-refractivity contribution in [2.24, 2.45) is 0 Å². The van der Waals surface area contributed by atoms with Gasteiger partial charge in [-0.15, -0.1) is 0 Å². The lowest BCUT2D eigenvalue weighted by molar-refractivity contribution is -0.137. The molecule has 1 amide bonds. The Morgan fingerprint density at radius 2 is 1.71 bits per heavy atom. The van der Waals surface area contributed by atoms with E-state index in [0.717, 1.165) is 23.3 Å². The van der Waals surface area contributed by atoms with Crippen molar-refractivity contribution in [3.8, 4) is 5.75 Å². The number of halogens is 3. The van der Waals surface area contributed by atoms with E-state index in [1.807, 2.05) is 19.9 Å². The molecule has 0 aromatic heterocycles. The van der Waals surface area contributed by atoms with Crippen LogP contribution in [0.25, 0.3) is 0 Å². The van der Waals surface area contributed by atoms with Gasteiger partial charge in [-0.2, -0.15) is 13.2 Å². The molecule has 3 nitrogen and oxygen atoms in total. The first-order chi connectivity index (χ1) is 11.1. The first-order valence-corrected chi connectivity index (χ1v) is 7.38. The summed E-state index contributed by atoms with van der Waals surface area (Å²) in [5.74, 6) is 0.0210. The van der Waals surface area contributed by atoms with E-state index in [1.54, 1.807) is 19.1 Å². The molecule has 0 aliphatic carbocycles. The maximum absolute atomic E-state index is 12.7. The SMILES string of the molecule is Cc1cc(C)cc(O[C@H](C)C(=O)Nc2cccc(C(F)(F)F)c2)c1. The summed E-state index contributed by atoms with van der Waals surface area (Å²) in [5.41, 5.74) is 1.25. The molecule has 0 radical (unpaired) electrons. The molecule has 2 aromatic carbocycles. The van der Waals surface area contributed by atoms with Crippen LogP contribution in [-0.4, -0.2) is 12.0 Å². The van der Waals surface area contributed by atoms with Crippen LogP contribution in [0.2, 0.25) is 0 Å². The monoisotopic (exact) mass is 337 g/mol. The van der Waals surface area contributed by atoms with Gasteiger partial charge >= 0.3 is 6.18 Å². The van der Waals surface area contributed by atoms with Crippen molar-refractivity contribution in [2.75, 3.05) is 5.32 Å². The average Bonchev–Trinajstić information content (AvgIpc) is 2.45. The second kappa shape index (κ2) is 6.95. The van der Waals surface area contributed by atoms with Crippen LogP contribution in [-0.2, 0) is 11.0 Å². The normalized spacial score (nSPS) is 12.6. The minimum absolute atomic E-state index is 0.0747. The third-order valence-corrected chi connectivity index (χ3v) is 3.33. The number of carbonyl (C=O) groups is 1. The molecule has 6 heteroatoms. The van der Waals surface area contributed by atoms with Gasteiger partial charge in [-0.3, -0.25) is 4.79 Å². The lowest BCUT2D eigenvalue weighted by atomic mass is 10.1. The topological polar surface area (TPSA) is 38.3 Å². The quantitative estimate of drug-likeness (QED) is 0.876. The molecule has 1 N–H and O–H groups in total. The highest BCUT2D eigenvalue weighted by Gasteiger charge is 2.30. The summed E-state index contributed by atoms with van der Waals surface area (Å²) in [6.45, 7) is 5.36. The number of aryl methyl sites for hydroxylation is 2. The minimum Gasteiger partial charge on any atom is -0.481 e. The van der Waals surface area contributed by atoms with E-state index in [1.165, 1.54) is 12.1 Å². The standard InChI is InChI=1S/C18H18F3NO2/c1-11-7-12(2)9-16(8-11)24-13(3)17(23)22-15-6-4-5-14(10-15)18(19,20)21/h4-10,13H,1-3H3,(H,22,23)/t13-/m1/s1. The number of hydrogen-bond donors (Lipinski definition) is 1. The predicted octanol–water partition coefficient (Wildman–Crippen LogP) is 4.73. The van der Waals surface area contributed by atoms with Crippen molar-refractivity contribution in [3.05, 3.63) is 59.2 Å². The number of anilines is 1. The van der Waals surface area contributed by atoms with Gasteiger partial charge in [-0.25, -0.2) is 0 Å². The fraction of sp³-hybridized carbons (Fsp3) is 0.278. The highest BCUT2D eigenvalue weighted by Crippen LogP contribution is 2.30. The molecule has 0 unspecified atom stereocenters. The smallest absolute Gasteiger partial charge is 0.416 e. The molecule has 128 valence electrons. The molecule has 0 saturated heterocycles. The van der Waals surface area contributed by atoms with Gasteiger partial charge in [0.25, 0.3) is 5.91 Å². The first-order valence-electron chi connectivity index (χ1n) is 7.38. The van der Waals surface area contributed by atoms with Crippen LogP contribution in [0.3, 0.4) is 0 Å². The Morgan fingerprint density at radius 1 is 1.08 bits per heavy atom. The Balaban J connectivity index is 2.06. The third kappa shape index (κ3) is 4.75. The summed E-state index contributed by atoms with van der Waals surface area (Å²) in [6, 6.07) is 10.0. The molecule has 0 bridgehead atoms. The fourth-order valence-corrected chi connectivity index (χ4v) is 2.28. The molecule has 0 fully saturated rings. The molecule has 0 aliphatic heterocycles. The van der Waals surface area contributed by atoms with Gasteiger partial charge in [-0.1, -0.05) is 12.1 Å². The molecule has 2 rings (SSSR count). The van der Waals surface area contributed by atoms with Gasteiger partial charge in [0, 0.05) is 5.69 Å². The third-order valence-electron chi connectivity index (χ3n) is 3.33. The van der Waals surface area contributed by atoms with Crippen molar-refractivity contribution in [1.29, 1.82) is 0 Å². The highest BCUT2D eigenvalue weighted by atomic mass is 19.4. The summed E-state index contributed by atoms with van der Waals surface area (Å²) in [5, 5.41) is 2.44. The number of hydrogen-bond acceptors (Lipinski definition) is 2. The van der Waals surface area contributed by atoms with Crippen LogP contribution in [0.15, 0.2) is 42.5 Å². The lowest BCUT2D eigenvalue weighted by Crippen LogP contribution is -2.30. The van der Waals surface area contributed by atoms with E-state index in [0.29, 0.717) is 5.75 Å². The van der Waals surface area contributed by atoms with Crippen LogP contribution in [0.4, 0.5) is 18.9 Å². The summed E-state index contributed by atoms with van der Waals surface area (Å²) in [6.07, 6.45) is -5.30. The molecule has 0 saturated carbocycles. The number of rotatable bonds is 4. The zero-order valence-corrected chi connectivity index (χ0v) is 13.6. The van der Waals surface area contributed by atoms with Crippen molar-refractivity contribution >= 4 is 11.6 Å². The molecule has 0 heterocycles. The molecule has 1 atom stereocenters. The van der Waals surface area contributed by atoms with Gasteiger partial charge < -0.3 is 10.1 Å². The van der Waals surface area contributed by atoms with Crippen molar-refractivity contribution in [2.45, 2.75) is 33.1 Å². The number of ether oxygens (including phenoxy) is 1. The molecule has 0 aliphatic rings. The number of amides is 1. The molecular formula is C18H18F3NO2. The Hall–Kier alpha value is -2.50. The van der Waals surface area contributed by atoms with Crippen LogP contribution in [0.5, 0.6) is 5.75 Å². The van der Waals surface area contributed by atoms with Crippen LogP contribution in [0, 0.1) is 13.8 Å². The summed E-state index contributed by atoms with van der Waals surface area (Å²) in [4.78, 5) is 12.1. The van der Waals surface area contributed by atoms with Gasteiger partial charge in [0.1, 0.15) is 5.75 Å². The van der Waals surface area contributed by atoms with E-state index in [2.05, 4.69) is 5.32 Å². The molecular weight excluding hydrogens is 319 g/mol. The summed E-state index contributed by atoms with van der Waals surface area (Å²) in [7, 11) is 0. The summed E-state index contributed by atoms with van der Waals surface area (Å²) < 4.78 is 43.6. The van der Waals surface area contributed by atoms with E-state index >= 15 is 0 Å². The molecule has 2 aromatic rings. The Labute approximate surface area is 138 Å². The first kappa shape index (κ1) is 17.8. The van der Waals surface area contributed by atoms with E-state index in [4.69, 9.17) is 4.74 Å². The number of benzene rings is 2. The van der Waals surface area contributed by atoms with E-state index < -0.39 is 23.8 Å².